The monoisotopic (exact) mass is 485 g/mol. The normalized spacial score (nSPS) is 12.8. The van der Waals surface area contributed by atoms with E-state index in [0.717, 1.165) is 16.8 Å². The van der Waals surface area contributed by atoms with Gasteiger partial charge in [-0.2, -0.15) is 0 Å². The van der Waals surface area contributed by atoms with E-state index in [-0.39, 0.29) is 11.5 Å². The first-order valence-electron chi connectivity index (χ1n) is 11.4. The second-order valence-corrected chi connectivity index (χ2v) is 8.84. The molecule has 0 aliphatic carbocycles. The maximum absolute atomic E-state index is 13.7. The number of rotatable bonds is 5. The molecule has 0 bridgehead atoms. The maximum Gasteiger partial charge on any atom is 0.259 e. The summed E-state index contributed by atoms with van der Waals surface area (Å²) in [6.07, 6.45) is 4.01. The van der Waals surface area contributed by atoms with Gasteiger partial charge < -0.3 is 14.2 Å². The molecule has 2 aromatic heterocycles. The van der Waals surface area contributed by atoms with Crippen molar-refractivity contribution in [2.24, 2.45) is 0 Å². The van der Waals surface area contributed by atoms with Gasteiger partial charge in [0.25, 0.3) is 11.5 Å². The highest BCUT2D eigenvalue weighted by Crippen LogP contribution is 2.30. The van der Waals surface area contributed by atoms with Crippen LogP contribution in [0, 0.1) is 0 Å². The first-order chi connectivity index (χ1) is 17.1. The van der Waals surface area contributed by atoms with Crippen molar-refractivity contribution < 1.29 is 9.53 Å². The van der Waals surface area contributed by atoms with Crippen molar-refractivity contribution in [1.82, 2.24) is 14.5 Å². The fourth-order valence-electron chi connectivity index (χ4n) is 4.59. The molecule has 5 rings (SSSR count). The predicted octanol–water partition coefficient (Wildman–Crippen LogP) is 4.82. The van der Waals surface area contributed by atoms with Crippen LogP contribution < -0.4 is 10.3 Å². The highest BCUT2D eigenvalue weighted by atomic mass is 35.5. The highest BCUT2D eigenvalue weighted by molar-refractivity contribution is 6.33. The summed E-state index contributed by atoms with van der Waals surface area (Å²) in [5, 5.41) is 0.512. The van der Waals surface area contributed by atoms with Crippen molar-refractivity contribution in [2.75, 3.05) is 13.7 Å². The molecule has 1 aliphatic rings. The lowest BCUT2D eigenvalue weighted by molar-refractivity contribution is 0.0728. The van der Waals surface area contributed by atoms with Gasteiger partial charge in [0.2, 0.25) is 0 Å². The summed E-state index contributed by atoms with van der Waals surface area (Å²) in [5.74, 6) is 0.446. The Labute approximate surface area is 208 Å². The molecule has 1 amide bonds. The predicted molar refractivity (Wildman–Crippen MR) is 136 cm³/mol. The van der Waals surface area contributed by atoms with Gasteiger partial charge in [0.05, 0.1) is 19.2 Å². The quantitative estimate of drug-likeness (QED) is 0.406. The topological polar surface area (TPSA) is 64.4 Å². The average Bonchev–Trinajstić information content (AvgIpc) is 2.90. The number of fused-ring (bicyclic) bond motifs is 1. The van der Waals surface area contributed by atoms with Gasteiger partial charge in [-0.05, 0) is 47.5 Å². The van der Waals surface area contributed by atoms with E-state index in [4.69, 9.17) is 16.3 Å². The third-order valence-corrected chi connectivity index (χ3v) is 6.68. The molecule has 6 nitrogen and oxygen atoms in total. The summed E-state index contributed by atoms with van der Waals surface area (Å²) in [6.45, 7) is 1.31. The average molecular weight is 486 g/mol. The first kappa shape index (κ1) is 22.9. The van der Waals surface area contributed by atoms with Crippen LogP contribution in [-0.2, 0) is 19.5 Å². The number of carbonyl (C=O) groups is 1. The zero-order chi connectivity index (χ0) is 24.4. The van der Waals surface area contributed by atoms with Crippen molar-refractivity contribution in [3.63, 3.8) is 0 Å². The standard InChI is InChI=1S/C28H24ClN3O3/c1-35-26-9-5-3-7-22(26)27(33)31-15-12-25-20(18-31)16-23(21-6-2-4-8-24(21)29)28(34)32(25)17-19-10-13-30-14-11-19/h2-11,13-14,16H,12,15,17-18H2,1H3. The molecular formula is C28H24ClN3O3. The summed E-state index contributed by atoms with van der Waals surface area (Å²) >= 11 is 6.48. The van der Waals surface area contributed by atoms with Gasteiger partial charge in [-0.3, -0.25) is 14.6 Å². The molecule has 0 fully saturated rings. The minimum absolute atomic E-state index is 0.0979. The second kappa shape index (κ2) is 9.76. The fourth-order valence-corrected chi connectivity index (χ4v) is 4.83. The number of amides is 1. The number of benzene rings is 2. The summed E-state index contributed by atoms with van der Waals surface area (Å²) in [7, 11) is 1.56. The molecule has 2 aromatic carbocycles. The zero-order valence-corrected chi connectivity index (χ0v) is 20.0. The van der Waals surface area contributed by atoms with Gasteiger partial charge in [-0.25, -0.2) is 0 Å². The van der Waals surface area contributed by atoms with E-state index in [1.54, 1.807) is 42.6 Å². The Hall–Kier alpha value is -3.90. The van der Waals surface area contributed by atoms with E-state index in [2.05, 4.69) is 4.98 Å². The number of halogens is 1. The van der Waals surface area contributed by atoms with Crippen molar-refractivity contribution >= 4 is 17.5 Å². The molecule has 3 heterocycles. The van der Waals surface area contributed by atoms with E-state index in [1.807, 2.05) is 53.1 Å². The van der Waals surface area contributed by atoms with Crippen LogP contribution in [0.3, 0.4) is 0 Å². The largest absolute Gasteiger partial charge is 0.496 e. The second-order valence-electron chi connectivity index (χ2n) is 8.43. The number of aromatic nitrogens is 2. The van der Waals surface area contributed by atoms with Crippen LogP contribution in [0.2, 0.25) is 5.02 Å². The zero-order valence-electron chi connectivity index (χ0n) is 19.3. The molecule has 0 saturated carbocycles. The van der Waals surface area contributed by atoms with Crippen LogP contribution in [0.4, 0.5) is 0 Å². The van der Waals surface area contributed by atoms with Gasteiger partial charge in [0, 0.05) is 53.7 Å². The third-order valence-electron chi connectivity index (χ3n) is 6.35. The Morgan fingerprint density at radius 1 is 1.03 bits per heavy atom. The van der Waals surface area contributed by atoms with Gasteiger partial charge in [0.1, 0.15) is 5.75 Å². The van der Waals surface area contributed by atoms with E-state index in [1.165, 1.54) is 0 Å². The number of hydrogen-bond acceptors (Lipinski definition) is 4. The van der Waals surface area contributed by atoms with E-state index in [9.17, 15) is 9.59 Å². The Morgan fingerprint density at radius 3 is 2.54 bits per heavy atom. The molecule has 0 N–H and O–H groups in total. The first-order valence-corrected chi connectivity index (χ1v) is 11.8. The SMILES string of the molecule is COc1ccccc1C(=O)N1CCc2c(cc(-c3ccccc3Cl)c(=O)n2Cc2ccncc2)C1. The molecule has 7 heteroatoms. The lowest BCUT2D eigenvalue weighted by Crippen LogP contribution is -2.39. The number of ether oxygens (including phenoxy) is 1. The fraction of sp³-hybridized carbons (Fsp3) is 0.179. The van der Waals surface area contributed by atoms with Crippen LogP contribution in [0.15, 0.2) is 83.9 Å². The lowest BCUT2D eigenvalue weighted by Gasteiger charge is -2.31. The Bertz CT molecular complexity index is 1450. The van der Waals surface area contributed by atoms with Crippen molar-refractivity contribution in [1.29, 1.82) is 0 Å². The summed E-state index contributed by atoms with van der Waals surface area (Å²) in [5.41, 5.74) is 4.48. The minimum atomic E-state index is -0.0989. The van der Waals surface area contributed by atoms with Crippen molar-refractivity contribution in [3.05, 3.63) is 117 Å². The van der Waals surface area contributed by atoms with E-state index >= 15 is 0 Å². The Kier molecular flexibility index (Phi) is 6.38. The molecule has 1 aliphatic heterocycles. The van der Waals surface area contributed by atoms with Crippen LogP contribution in [-0.4, -0.2) is 34.0 Å². The molecule has 0 atom stereocenters. The van der Waals surface area contributed by atoms with Crippen LogP contribution in [0.25, 0.3) is 11.1 Å². The highest BCUT2D eigenvalue weighted by Gasteiger charge is 2.27. The summed E-state index contributed by atoms with van der Waals surface area (Å²) < 4.78 is 7.22. The number of nitrogens with zero attached hydrogens (tertiary/aromatic N) is 3. The lowest BCUT2D eigenvalue weighted by atomic mass is 9.98. The van der Waals surface area contributed by atoms with E-state index < -0.39 is 0 Å². The van der Waals surface area contributed by atoms with Gasteiger partial charge >= 0.3 is 0 Å². The number of pyridine rings is 2. The molecule has 35 heavy (non-hydrogen) atoms. The molecule has 176 valence electrons. The number of hydrogen-bond donors (Lipinski definition) is 0. The molecule has 0 unspecified atom stereocenters. The van der Waals surface area contributed by atoms with Crippen molar-refractivity contribution in [3.8, 4) is 16.9 Å². The third kappa shape index (κ3) is 4.45. The summed E-state index contributed by atoms with van der Waals surface area (Å²) in [4.78, 5) is 33.0. The molecule has 0 spiro atoms. The van der Waals surface area contributed by atoms with Crippen LogP contribution >= 0.6 is 11.6 Å². The molecule has 4 aromatic rings. The van der Waals surface area contributed by atoms with Gasteiger partial charge in [-0.1, -0.05) is 41.9 Å². The maximum atomic E-state index is 13.7. The Morgan fingerprint density at radius 2 is 1.77 bits per heavy atom. The van der Waals surface area contributed by atoms with Gasteiger partial charge in [-0.15, -0.1) is 0 Å². The minimum Gasteiger partial charge on any atom is -0.496 e. The van der Waals surface area contributed by atoms with E-state index in [0.29, 0.717) is 53.5 Å². The number of para-hydroxylation sites is 1. The number of methoxy groups -OCH3 is 1. The molecule has 0 radical (unpaired) electrons. The Balaban J connectivity index is 1.60. The molecule has 0 saturated heterocycles. The number of carbonyl (C=O) groups excluding carboxylic acids is 1. The van der Waals surface area contributed by atoms with Crippen molar-refractivity contribution in [2.45, 2.75) is 19.5 Å². The molecular weight excluding hydrogens is 462 g/mol. The summed E-state index contributed by atoms with van der Waals surface area (Å²) in [6, 6.07) is 20.3. The van der Waals surface area contributed by atoms with Gasteiger partial charge in [0.15, 0.2) is 0 Å². The van der Waals surface area contributed by atoms with Crippen LogP contribution in [0.5, 0.6) is 5.75 Å². The smallest absolute Gasteiger partial charge is 0.259 e. The van der Waals surface area contributed by atoms with Crippen LogP contribution in [0.1, 0.15) is 27.2 Å².